The number of nitrogens with one attached hydrogen (secondary N) is 1. The van der Waals surface area contributed by atoms with Crippen LogP contribution in [0.1, 0.15) is 21.9 Å². The summed E-state index contributed by atoms with van der Waals surface area (Å²) in [5.41, 5.74) is 2.48. The fraction of sp³-hybridized carbons (Fsp3) is 0.182. The van der Waals surface area contributed by atoms with Crippen LogP contribution in [0.2, 0.25) is 0 Å². The molecule has 0 saturated carbocycles. The van der Waals surface area contributed by atoms with E-state index in [0.29, 0.717) is 11.3 Å². The molecule has 0 aliphatic carbocycles. The quantitative estimate of drug-likeness (QED) is 0.482. The van der Waals surface area contributed by atoms with E-state index in [1.165, 1.54) is 6.26 Å². The third-order valence-corrected chi connectivity index (χ3v) is 3.09. The first-order chi connectivity index (χ1) is 8.29. The molecule has 0 aromatic carbocycles. The fourth-order valence-electron chi connectivity index (χ4n) is 1.31. The molecule has 0 fully saturated rings. The number of nitrogens with two attached hydrogens (primary N) is 1. The van der Waals surface area contributed by atoms with Gasteiger partial charge in [0, 0.05) is 0 Å². The zero-order valence-corrected chi connectivity index (χ0v) is 9.83. The van der Waals surface area contributed by atoms with E-state index < -0.39 is 0 Å². The van der Waals surface area contributed by atoms with E-state index in [-0.39, 0.29) is 5.91 Å². The lowest BCUT2D eigenvalue weighted by Crippen LogP contribution is -2.29. The van der Waals surface area contributed by atoms with Crippen molar-refractivity contribution in [3.05, 3.63) is 47.8 Å². The van der Waals surface area contributed by atoms with Crippen molar-refractivity contribution in [3.8, 4) is 0 Å². The van der Waals surface area contributed by atoms with E-state index in [9.17, 15) is 4.79 Å². The molecule has 1 amide bonds. The molecular weight excluding hydrogens is 240 g/mol. The van der Waals surface area contributed by atoms with Crippen LogP contribution in [0.4, 0.5) is 0 Å². The van der Waals surface area contributed by atoms with Crippen molar-refractivity contribution in [1.82, 2.24) is 5.43 Å². The highest BCUT2D eigenvalue weighted by atomic mass is 32.2. The van der Waals surface area contributed by atoms with Crippen molar-refractivity contribution in [2.45, 2.75) is 11.5 Å². The van der Waals surface area contributed by atoms with Crippen LogP contribution >= 0.6 is 11.8 Å². The average molecular weight is 252 g/mol. The van der Waals surface area contributed by atoms with Crippen LogP contribution < -0.4 is 11.3 Å². The Hall–Kier alpha value is -1.66. The molecular formula is C11H12N2O3S. The molecule has 0 saturated heterocycles. The van der Waals surface area contributed by atoms with E-state index >= 15 is 0 Å². The van der Waals surface area contributed by atoms with Crippen molar-refractivity contribution in [1.29, 1.82) is 0 Å². The van der Waals surface area contributed by atoms with Gasteiger partial charge in [-0.1, -0.05) is 0 Å². The van der Waals surface area contributed by atoms with Crippen molar-refractivity contribution < 1.29 is 13.6 Å². The van der Waals surface area contributed by atoms with Crippen LogP contribution in [0.15, 0.2) is 39.6 Å². The van der Waals surface area contributed by atoms with Crippen molar-refractivity contribution in [2.75, 3.05) is 0 Å². The van der Waals surface area contributed by atoms with Gasteiger partial charge in [0.1, 0.15) is 17.8 Å². The van der Waals surface area contributed by atoms with E-state index in [4.69, 9.17) is 14.7 Å². The molecule has 0 radical (unpaired) electrons. The lowest BCUT2D eigenvalue weighted by molar-refractivity contribution is 0.0953. The van der Waals surface area contributed by atoms with Gasteiger partial charge in [-0.25, -0.2) is 5.84 Å². The van der Waals surface area contributed by atoms with E-state index in [0.717, 1.165) is 17.3 Å². The molecule has 6 heteroatoms. The lowest BCUT2D eigenvalue weighted by atomic mass is 10.3. The van der Waals surface area contributed by atoms with Gasteiger partial charge in [-0.2, -0.15) is 0 Å². The zero-order chi connectivity index (χ0) is 12.1. The Morgan fingerprint density at radius 2 is 2.18 bits per heavy atom. The number of thioether (sulfide) groups is 1. The number of hydrogen-bond donors (Lipinski definition) is 2. The first-order valence-corrected chi connectivity index (χ1v) is 6.13. The third kappa shape index (κ3) is 3.15. The summed E-state index contributed by atoms with van der Waals surface area (Å²) < 4.78 is 10.4. The minimum absolute atomic E-state index is 0.351. The summed E-state index contributed by atoms with van der Waals surface area (Å²) in [6.07, 6.45) is 3.04. The van der Waals surface area contributed by atoms with Crippen LogP contribution in [0.5, 0.6) is 0 Å². The number of nitrogen functional groups attached to an aromatic ring is 1. The molecule has 3 N–H and O–H groups in total. The largest absolute Gasteiger partial charge is 0.468 e. The predicted molar refractivity (Wildman–Crippen MR) is 64.1 cm³/mol. The second-order valence-electron chi connectivity index (χ2n) is 3.35. The normalized spacial score (nSPS) is 10.4. The standard InChI is InChI=1S/C11H12N2O3S/c12-13-11(14)8-4-10(16-5-8)7-17-6-9-2-1-3-15-9/h1-5H,6-7,12H2,(H,13,14). The molecule has 5 nitrogen and oxygen atoms in total. The fourth-order valence-corrected chi connectivity index (χ4v) is 2.13. The van der Waals surface area contributed by atoms with Gasteiger partial charge in [0.15, 0.2) is 0 Å². The highest BCUT2D eigenvalue weighted by Crippen LogP contribution is 2.19. The monoisotopic (exact) mass is 252 g/mol. The summed E-state index contributed by atoms with van der Waals surface area (Å²) >= 11 is 1.65. The molecule has 0 aliphatic rings. The summed E-state index contributed by atoms with van der Waals surface area (Å²) in [6.45, 7) is 0. The molecule has 0 atom stereocenters. The number of rotatable bonds is 5. The highest BCUT2D eigenvalue weighted by Gasteiger charge is 2.08. The molecule has 17 heavy (non-hydrogen) atoms. The summed E-state index contributed by atoms with van der Waals surface area (Å²) in [6, 6.07) is 5.45. The van der Waals surface area contributed by atoms with Gasteiger partial charge in [-0.3, -0.25) is 10.2 Å². The van der Waals surface area contributed by atoms with Crippen LogP contribution in [-0.4, -0.2) is 5.91 Å². The summed E-state index contributed by atoms with van der Waals surface area (Å²) in [5.74, 6) is 7.77. The Kier molecular flexibility index (Phi) is 3.89. The molecule has 2 aromatic rings. The Balaban J connectivity index is 1.83. The number of carbonyl (C=O) groups is 1. The van der Waals surface area contributed by atoms with Gasteiger partial charge in [-0.15, -0.1) is 11.8 Å². The van der Waals surface area contributed by atoms with E-state index in [1.54, 1.807) is 24.1 Å². The van der Waals surface area contributed by atoms with Crippen molar-refractivity contribution >= 4 is 17.7 Å². The molecule has 2 heterocycles. The molecule has 0 unspecified atom stereocenters. The summed E-state index contributed by atoms with van der Waals surface area (Å²) in [4.78, 5) is 11.2. The molecule has 0 aliphatic heterocycles. The van der Waals surface area contributed by atoms with Crippen LogP contribution in [0, 0.1) is 0 Å². The maximum atomic E-state index is 11.2. The van der Waals surface area contributed by atoms with Crippen molar-refractivity contribution in [3.63, 3.8) is 0 Å². The molecule has 2 aromatic heterocycles. The summed E-state index contributed by atoms with van der Waals surface area (Å²) in [7, 11) is 0. The number of carbonyl (C=O) groups excluding carboxylic acids is 1. The Morgan fingerprint density at radius 3 is 2.88 bits per heavy atom. The Bertz CT molecular complexity index is 479. The minimum atomic E-state index is -0.351. The van der Waals surface area contributed by atoms with Gasteiger partial charge in [0.05, 0.1) is 23.3 Å². The molecule has 2 rings (SSSR count). The molecule has 90 valence electrons. The molecule has 0 spiro atoms. The Morgan fingerprint density at radius 1 is 1.35 bits per heavy atom. The van der Waals surface area contributed by atoms with Gasteiger partial charge in [0.2, 0.25) is 0 Å². The number of amides is 1. The topological polar surface area (TPSA) is 81.4 Å². The zero-order valence-electron chi connectivity index (χ0n) is 9.01. The van der Waals surface area contributed by atoms with E-state index in [2.05, 4.69) is 5.43 Å². The van der Waals surface area contributed by atoms with Crippen molar-refractivity contribution in [2.24, 2.45) is 5.84 Å². The van der Waals surface area contributed by atoms with Crippen LogP contribution in [-0.2, 0) is 11.5 Å². The summed E-state index contributed by atoms with van der Waals surface area (Å²) in [5, 5.41) is 0. The first kappa shape index (κ1) is 11.8. The average Bonchev–Trinajstić information content (AvgIpc) is 2.99. The van der Waals surface area contributed by atoms with Gasteiger partial charge in [0.25, 0.3) is 5.91 Å². The van der Waals surface area contributed by atoms with Gasteiger partial charge in [-0.05, 0) is 18.2 Å². The lowest BCUT2D eigenvalue weighted by Gasteiger charge is -1.95. The number of furan rings is 2. The highest BCUT2D eigenvalue weighted by molar-refractivity contribution is 7.97. The number of hydrogen-bond acceptors (Lipinski definition) is 5. The Labute approximate surface area is 102 Å². The first-order valence-electron chi connectivity index (χ1n) is 4.98. The minimum Gasteiger partial charge on any atom is -0.468 e. The van der Waals surface area contributed by atoms with E-state index in [1.807, 2.05) is 12.1 Å². The van der Waals surface area contributed by atoms with Crippen LogP contribution in [0.3, 0.4) is 0 Å². The number of hydrazine groups is 1. The smallest absolute Gasteiger partial charge is 0.268 e. The maximum absolute atomic E-state index is 11.2. The predicted octanol–water partition coefficient (Wildman–Crippen LogP) is 1.91. The second kappa shape index (κ2) is 5.60. The molecule has 0 bridgehead atoms. The van der Waals surface area contributed by atoms with Gasteiger partial charge >= 0.3 is 0 Å². The third-order valence-electron chi connectivity index (χ3n) is 2.12. The van der Waals surface area contributed by atoms with Crippen LogP contribution in [0.25, 0.3) is 0 Å². The van der Waals surface area contributed by atoms with Gasteiger partial charge < -0.3 is 8.83 Å². The second-order valence-corrected chi connectivity index (χ2v) is 4.33. The maximum Gasteiger partial charge on any atom is 0.268 e. The SMILES string of the molecule is NNC(=O)c1coc(CSCc2ccco2)c1.